The van der Waals surface area contributed by atoms with Crippen LogP contribution in [0.15, 0.2) is 30.5 Å². The van der Waals surface area contributed by atoms with Crippen molar-refractivity contribution in [1.29, 1.82) is 0 Å². The third-order valence-corrected chi connectivity index (χ3v) is 5.31. The van der Waals surface area contributed by atoms with Gasteiger partial charge < -0.3 is 14.3 Å². The van der Waals surface area contributed by atoms with Gasteiger partial charge in [0.25, 0.3) is 0 Å². The molecule has 4 nitrogen and oxygen atoms in total. The van der Waals surface area contributed by atoms with Crippen LogP contribution >= 0.6 is 0 Å². The van der Waals surface area contributed by atoms with Gasteiger partial charge in [0.2, 0.25) is 0 Å². The zero-order valence-electron chi connectivity index (χ0n) is 14.2. The summed E-state index contributed by atoms with van der Waals surface area (Å²) in [6.45, 7) is 8.30. The molecule has 2 aromatic rings. The van der Waals surface area contributed by atoms with Gasteiger partial charge in [-0.3, -0.25) is 0 Å². The van der Waals surface area contributed by atoms with Gasteiger partial charge >= 0.3 is 7.12 Å². The van der Waals surface area contributed by atoms with E-state index in [9.17, 15) is 0 Å². The molecule has 0 atom stereocenters. The Morgan fingerprint density at radius 1 is 1.04 bits per heavy atom. The molecule has 0 bridgehead atoms. The summed E-state index contributed by atoms with van der Waals surface area (Å²) in [6, 6.07) is 8.36. The van der Waals surface area contributed by atoms with Crippen molar-refractivity contribution in [2.75, 3.05) is 0 Å². The highest BCUT2D eigenvalue weighted by molar-refractivity contribution is 6.62. The van der Waals surface area contributed by atoms with Crippen molar-refractivity contribution in [3.05, 3.63) is 36.3 Å². The lowest BCUT2D eigenvalue weighted by Crippen LogP contribution is -2.41. The van der Waals surface area contributed by atoms with Gasteiger partial charge in [0.15, 0.2) is 0 Å². The number of imidazole rings is 1. The smallest absolute Gasteiger partial charge is 0.399 e. The van der Waals surface area contributed by atoms with Crippen molar-refractivity contribution in [3.63, 3.8) is 0 Å². The number of nitrogens with zero attached hydrogens (tertiary/aromatic N) is 1. The Morgan fingerprint density at radius 2 is 1.65 bits per heavy atom. The van der Waals surface area contributed by atoms with E-state index in [-0.39, 0.29) is 18.3 Å². The molecule has 2 fully saturated rings. The first kappa shape index (κ1) is 15.0. The van der Waals surface area contributed by atoms with Crippen LogP contribution in [-0.4, -0.2) is 28.3 Å². The summed E-state index contributed by atoms with van der Waals surface area (Å²) in [6.07, 6.45) is 4.44. The van der Waals surface area contributed by atoms with Crippen molar-refractivity contribution in [3.8, 4) is 11.3 Å². The Bertz CT molecular complexity index is 701. The minimum Gasteiger partial charge on any atom is -0.399 e. The molecule has 1 saturated carbocycles. The normalized spacial score (nSPS) is 22.5. The van der Waals surface area contributed by atoms with Crippen LogP contribution in [-0.2, 0) is 9.31 Å². The molecule has 1 aliphatic heterocycles. The molecular formula is C18H23BN2O2. The Morgan fingerprint density at radius 3 is 2.22 bits per heavy atom. The first-order valence-corrected chi connectivity index (χ1v) is 8.37. The van der Waals surface area contributed by atoms with E-state index in [1.165, 1.54) is 12.8 Å². The summed E-state index contributed by atoms with van der Waals surface area (Å²) in [7, 11) is -0.308. The third-order valence-electron chi connectivity index (χ3n) is 5.31. The average molecular weight is 310 g/mol. The van der Waals surface area contributed by atoms with Gasteiger partial charge in [-0.15, -0.1) is 0 Å². The van der Waals surface area contributed by atoms with E-state index < -0.39 is 0 Å². The lowest BCUT2D eigenvalue weighted by molar-refractivity contribution is 0.00578. The van der Waals surface area contributed by atoms with E-state index in [0.29, 0.717) is 5.92 Å². The summed E-state index contributed by atoms with van der Waals surface area (Å²) in [5, 5.41) is 0. The van der Waals surface area contributed by atoms with E-state index >= 15 is 0 Å². The zero-order valence-corrected chi connectivity index (χ0v) is 14.2. The summed E-state index contributed by atoms with van der Waals surface area (Å²) in [4.78, 5) is 7.92. The Kier molecular flexibility index (Phi) is 3.22. The summed E-state index contributed by atoms with van der Waals surface area (Å²) in [5.41, 5.74) is 2.66. The average Bonchev–Trinajstić information content (AvgIpc) is 3.18. The highest BCUT2D eigenvalue weighted by Crippen LogP contribution is 2.39. The molecule has 1 saturated heterocycles. The fraction of sp³-hybridized carbons (Fsp3) is 0.500. The first-order chi connectivity index (χ1) is 10.9. The monoisotopic (exact) mass is 310 g/mol. The molecule has 2 heterocycles. The predicted octanol–water partition coefficient (Wildman–Crippen LogP) is 3.25. The number of nitrogens with one attached hydrogen (secondary N) is 1. The standard InChI is InChI=1S/C18H23BN2O2/c1-17(2)18(3,4)23-19(22-17)14-9-7-12(8-10-14)15-11-20-16(21-15)13-5-6-13/h7-11,13H,5-6H2,1-4H3,(H,20,21). The minimum atomic E-state index is -0.308. The molecule has 4 rings (SSSR count). The van der Waals surface area contributed by atoms with Crippen molar-refractivity contribution in [1.82, 2.24) is 9.97 Å². The fourth-order valence-electron chi connectivity index (χ4n) is 2.85. The molecule has 0 radical (unpaired) electrons. The van der Waals surface area contributed by atoms with Crippen molar-refractivity contribution in [2.45, 2.75) is 57.7 Å². The molecule has 1 aromatic heterocycles. The molecule has 0 unspecified atom stereocenters. The van der Waals surface area contributed by atoms with Gasteiger partial charge in [0.05, 0.1) is 23.1 Å². The van der Waals surface area contributed by atoms with E-state index in [4.69, 9.17) is 9.31 Å². The zero-order chi connectivity index (χ0) is 16.2. The molecule has 0 spiro atoms. The second kappa shape index (κ2) is 4.95. The van der Waals surface area contributed by atoms with Crippen LogP contribution in [0.4, 0.5) is 0 Å². The minimum absolute atomic E-state index is 0.307. The van der Waals surface area contributed by atoms with Crippen molar-refractivity contribution < 1.29 is 9.31 Å². The lowest BCUT2D eigenvalue weighted by Gasteiger charge is -2.32. The van der Waals surface area contributed by atoms with Gasteiger partial charge in [-0.25, -0.2) is 4.98 Å². The van der Waals surface area contributed by atoms with Gasteiger partial charge in [-0.05, 0) is 51.6 Å². The molecular weight excluding hydrogens is 287 g/mol. The Balaban J connectivity index is 1.54. The van der Waals surface area contributed by atoms with E-state index in [1.54, 1.807) is 0 Å². The number of hydrogen-bond donors (Lipinski definition) is 1. The highest BCUT2D eigenvalue weighted by atomic mass is 16.7. The van der Waals surface area contributed by atoms with Crippen LogP contribution in [0.5, 0.6) is 0 Å². The summed E-state index contributed by atoms with van der Waals surface area (Å²) < 4.78 is 12.2. The van der Waals surface area contributed by atoms with Gasteiger partial charge in [0.1, 0.15) is 5.82 Å². The van der Waals surface area contributed by atoms with Crippen molar-refractivity contribution in [2.24, 2.45) is 0 Å². The largest absolute Gasteiger partial charge is 0.494 e. The van der Waals surface area contributed by atoms with Crippen LogP contribution in [0.2, 0.25) is 0 Å². The first-order valence-electron chi connectivity index (χ1n) is 8.37. The van der Waals surface area contributed by atoms with E-state index in [0.717, 1.165) is 22.5 Å². The number of hydrogen-bond acceptors (Lipinski definition) is 3. The maximum atomic E-state index is 6.10. The molecule has 1 aromatic carbocycles. The van der Waals surface area contributed by atoms with Crippen molar-refractivity contribution >= 4 is 12.6 Å². The number of aromatic nitrogens is 2. The quantitative estimate of drug-likeness (QED) is 0.885. The Labute approximate surface area is 137 Å². The van der Waals surface area contributed by atoms with Gasteiger partial charge in [-0.1, -0.05) is 24.3 Å². The topological polar surface area (TPSA) is 47.1 Å². The third kappa shape index (κ3) is 2.62. The highest BCUT2D eigenvalue weighted by Gasteiger charge is 2.51. The molecule has 0 amide bonds. The van der Waals surface area contributed by atoms with E-state index in [2.05, 4.69) is 61.9 Å². The summed E-state index contributed by atoms with van der Waals surface area (Å²) >= 11 is 0. The second-order valence-electron chi connectivity index (χ2n) is 7.67. The van der Waals surface area contributed by atoms with Crippen LogP contribution in [0.1, 0.15) is 52.3 Å². The Hall–Kier alpha value is -1.59. The van der Waals surface area contributed by atoms with Crippen LogP contribution < -0.4 is 5.46 Å². The van der Waals surface area contributed by atoms with Crippen LogP contribution in [0, 0.1) is 0 Å². The van der Waals surface area contributed by atoms with Crippen LogP contribution in [0.3, 0.4) is 0 Å². The lowest BCUT2D eigenvalue weighted by atomic mass is 9.79. The predicted molar refractivity (Wildman–Crippen MR) is 91.7 cm³/mol. The SMILES string of the molecule is CC1(C)OB(c2ccc(-c3cnc(C4CC4)[nH]3)cc2)OC1(C)C. The van der Waals surface area contributed by atoms with Crippen LogP contribution in [0.25, 0.3) is 11.3 Å². The maximum absolute atomic E-state index is 6.10. The molecule has 5 heteroatoms. The van der Waals surface area contributed by atoms with Gasteiger partial charge in [0, 0.05) is 5.92 Å². The summed E-state index contributed by atoms with van der Waals surface area (Å²) in [5.74, 6) is 1.77. The number of H-pyrrole nitrogens is 1. The number of benzene rings is 1. The molecule has 23 heavy (non-hydrogen) atoms. The maximum Gasteiger partial charge on any atom is 0.494 e. The molecule has 1 N–H and O–H groups in total. The number of aromatic amines is 1. The van der Waals surface area contributed by atoms with Gasteiger partial charge in [-0.2, -0.15) is 0 Å². The fourth-order valence-corrected chi connectivity index (χ4v) is 2.85. The molecule has 120 valence electrons. The van der Waals surface area contributed by atoms with E-state index in [1.807, 2.05) is 6.20 Å². The second-order valence-corrected chi connectivity index (χ2v) is 7.67. The number of rotatable bonds is 3. The molecule has 1 aliphatic carbocycles. The molecule has 2 aliphatic rings.